The molecule has 1 atom stereocenters. The summed E-state index contributed by atoms with van der Waals surface area (Å²) in [6.45, 7) is 1.38. The number of rotatable bonds is 5. The molecule has 0 unspecified atom stereocenters. The van der Waals surface area contributed by atoms with Crippen LogP contribution >= 0.6 is 15.9 Å². The molecule has 7 heteroatoms. The number of halogens is 1. The van der Waals surface area contributed by atoms with Crippen LogP contribution in [0.15, 0.2) is 44.0 Å². The van der Waals surface area contributed by atoms with Crippen LogP contribution in [0.5, 0.6) is 0 Å². The van der Waals surface area contributed by atoms with Gasteiger partial charge >= 0.3 is 5.97 Å². The number of hydrogen-bond acceptors (Lipinski definition) is 5. The third-order valence-corrected chi connectivity index (χ3v) is 2.88. The summed E-state index contributed by atoms with van der Waals surface area (Å²) in [6, 6.07) is 6.20. The van der Waals surface area contributed by atoms with Gasteiger partial charge in [0, 0.05) is 0 Å². The van der Waals surface area contributed by atoms with Crippen LogP contribution in [-0.4, -0.2) is 18.5 Å². The van der Waals surface area contributed by atoms with E-state index in [0.29, 0.717) is 10.4 Å². The van der Waals surface area contributed by atoms with Crippen molar-refractivity contribution in [3.63, 3.8) is 0 Å². The number of ether oxygens (including phenoxy) is 1. The Morgan fingerprint density at radius 2 is 2.20 bits per heavy atom. The molecule has 0 saturated heterocycles. The Bertz CT molecular complexity index is 590. The highest BCUT2D eigenvalue weighted by atomic mass is 79.9. The van der Waals surface area contributed by atoms with Crippen molar-refractivity contribution in [3.05, 3.63) is 46.7 Å². The van der Waals surface area contributed by atoms with Gasteiger partial charge in [-0.2, -0.15) is 0 Å². The maximum absolute atomic E-state index is 11.6. The molecular formula is C13H12BrNO5. The van der Waals surface area contributed by atoms with E-state index >= 15 is 0 Å². The van der Waals surface area contributed by atoms with Crippen LogP contribution in [-0.2, 0) is 9.53 Å². The number of amides is 1. The highest BCUT2D eigenvalue weighted by Crippen LogP contribution is 2.15. The topological polar surface area (TPSA) is 81.7 Å². The number of hydrogen-bond donors (Lipinski definition) is 1. The van der Waals surface area contributed by atoms with E-state index in [1.165, 1.54) is 12.3 Å². The molecule has 1 amide bonds. The molecule has 0 fully saturated rings. The first-order chi connectivity index (χ1) is 9.56. The molecule has 0 aliphatic heterocycles. The minimum Gasteiger partial charge on any atom is -0.467 e. The van der Waals surface area contributed by atoms with Gasteiger partial charge in [0.05, 0.1) is 12.3 Å². The van der Waals surface area contributed by atoms with Crippen molar-refractivity contribution in [2.24, 2.45) is 0 Å². The van der Waals surface area contributed by atoms with Gasteiger partial charge in [0.2, 0.25) is 5.76 Å². The maximum atomic E-state index is 11.6. The van der Waals surface area contributed by atoms with E-state index in [-0.39, 0.29) is 18.4 Å². The van der Waals surface area contributed by atoms with E-state index in [4.69, 9.17) is 13.6 Å². The minimum atomic E-state index is -0.698. The van der Waals surface area contributed by atoms with Gasteiger partial charge in [0.1, 0.15) is 5.76 Å². The Morgan fingerprint density at radius 1 is 1.40 bits per heavy atom. The molecule has 0 aliphatic rings. The lowest BCUT2D eigenvalue weighted by atomic mass is 10.2. The predicted octanol–water partition coefficient (Wildman–Crippen LogP) is 2.67. The van der Waals surface area contributed by atoms with Crippen LogP contribution < -0.4 is 5.32 Å². The molecule has 0 radical (unpaired) electrons. The van der Waals surface area contributed by atoms with Gasteiger partial charge in [0.15, 0.2) is 11.3 Å². The number of carbonyl (C=O) groups is 2. The van der Waals surface area contributed by atoms with E-state index < -0.39 is 11.9 Å². The van der Waals surface area contributed by atoms with Crippen LogP contribution in [0.2, 0.25) is 0 Å². The highest BCUT2D eigenvalue weighted by Gasteiger charge is 2.16. The lowest BCUT2D eigenvalue weighted by Gasteiger charge is -2.11. The van der Waals surface area contributed by atoms with Gasteiger partial charge < -0.3 is 18.9 Å². The van der Waals surface area contributed by atoms with Gasteiger partial charge in [-0.15, -0.1) is 0 Å². The predicted molar refractivity (Wildman–Crippen MR) is 72.0 cm³/mol. The molecule has 0 saturated carbocycles. The van der Waals surface area contributed by atoms with Crippen molar-refractivity contribution in [2.75, 3.05) is 6.61 Å². The Labute approximate surface area is 123 Å². The standard InChI is InChI=1S/C13H12BrNO5/c1-8(9-3-2-6-18-9)15-12(16)7-19-13(17)10-4-5-11(14)20-10/h2-6,8H,7H2,1H3,(H,15,16)/t8-/m1/s1. The van der Waals surface area contributed by atoms with Crippen LogP contribution in [0.4, 0.5) is 0 Å². The molecule has 0 spiro atoms. The van der Waals surface area contributed by atoms with Crippen LogP contribution in [0, 0.1) is 0 Å². The van der Waals surface area contributed by atoms with E-state index in [1.807, 2.05) is 0 Å². The number of carbonyl (C=O) groups excluding carboxylic acids is 2. The van der Waals surface area contributed by atoms with E-state index in [1.54, 1.807) is 25.1 Å². The first kappa shape index (κ1) is 14.4. The minimum absolute atomic E-state index is 0.0313. The normalized spacial score (nSPS) is 11.9. The summed E-state index contributed by atoms with van der Waals surface area (Å²) in [5.41, 5.74) is 0. The van der Waals surface area contributed by atoms with Gasteiger partial charge in [-0.3, -0.25) is 4.79 Å². The first-order valence-corrected chi connectivity index (χ1v) is 6.61. The highest BCUT2D eigenvalue weighted by molar-refractivity contribution is 9.10. The summed E-state index contributed by atoms with van der Waals surface area (Å²) in [5.74, 6) is -0.465. The Morgan fingerprint density at radius 3 is 2.80 bits per heavy atom. The largest absolute Gasteiger partial charge is 0.467 e. The molecule has 2 rings (SSSR count). The van der Waals surface area contributed by atoms with Gasteiger partial charge in [0.25, 0.3) is 5.91 Å². The zero-order chi connectivity index (χ0) is 14.5. The molecule has 0 bridgehead atoms. The molecular weight excluding hydrogens is 330 g/mol. The van der Waals surface area contributed by atoms with Gasteiger partial charge in [-0.1, -0.05) is 0 Å². The average Bonchev–Trinajstić information content (AvgIpc) is 3.06. The number of furan rings is 2. The number of esters is 1. The summed E-state index contributed by atoms with van der Waals surface area (Å²) in [7, 11) is 0. The van der Waals surface area contributed by atoms with Crippen molar-refractivity contribution in [3.8, 4) is 0 Å². The molecule has 2 heterocycles. The van der Waals surface area contributed by atoms with Crippen molar-refractivity contribution >= 4 is 27.8 Å². The Hall–Kier alpha value is -2.02. The third-order valence-electron chi connectivity index (χ3n) is 2.46. The molecule has 6 nitrogen and oxygen atoms in total. The van der Waals surface area contributed by atoms with Crippen molar-refractivity contribution in [2.45, 2.75) is 13.0 Å². The number of nitrogens with one attached hydrogen (secondary N) is 1. The Kier molecular flexibility index (Phi) is 4.62. The monoisotopic (exact) mass is 341 g/mol. The quantitative estimate of drug-likeness (QED) is 0.845. The summed E-state index contributed by atoms with van der Waals surface area (Å²) in [5, 5.41) is 2.64. The van der Waals surface area contributed by atoms with Crippen molar-refractivity contribution < 1.29 is 23.2 Å². The van der Waals surface area contributed by atoms with Gasteiger partial charge in [-0.05, 0) is 47.1 Å². The van der Waals surface area contributed by atoms with Crippen molar-refractivity contribution in [1.29, 1.82) is 0 Å². The summed E-state index contributed by atoms with van der Waals surface area (Å²) < 4.78 is 15.4. The fourth-order valence-electron chi connectivity index (χ4n) is 1.52. The third kappa shape index (κ3) is 3.74. The lowest BCUT2D eigenvalue weighted by molar-refractivity contribution is -0.125. The molecule has 106 valence electrons. The fraction of sp³-hybridized carbons (Fsp3) is 0.231. The molecule has 20 heavy (non-hydrogen) atoms. The second kappa shape index (κ2) is 6.42. The van der Waals surface area contributed by atoms with Crippen LogP contribution in [0.1, 0.15) is 29.3 Å². The smallest absolute Gasteiger partial charge is 0.374 e. The first-order valence-electron chi connectivity index (χ1n) is 5.81. The summed E-state index contributed by atoms with van der Waals surface area (Å²) in [6.07, 6.45) is 1.52. The van der Waals surface area contributed by atoms with E-state index in [0.717, 1.165) is 0 Å². The van der Waals surface area contributed by atoms with E-state index in [2.05, 4.69) is 21.2 Å². The average molecular weight is 342 g/mol. The Balaban J connectivity index is 1.79. The summed E-state index contributed by atoms with van der Waals surface area (Å²) in [4.78, 5) is 23.2. The molecule has 2 aromatic heterocycles. The zero-order valence-electron chi connectivity index (χ0n) is 10.6. The molecule has 0 aromatic carbocycles. The fourth-order valence-corrected chi connectivity index (χ4v) is 1.82. The second-order valence-electron chi connectivity index (χ2n) is 3.98. The molecule has 0 aliphatic carbocycles. The lowest BCUT2D eigenvalue weighted by Crippen LogP contribution is -2.30. The molecule has 1 N–H and O–H groups in total. The van der Waals surface area contributed by atoms with Gasteiger partial charge in [-0.25, -0.2) is 4.79 Å². The zero-order valence-corrected chi connectivity index (χ0v) is 12.2. The van der Waals surface area contributed by atoms with Crippen LogP contribution in [0.3, 0.4) is 0 Å². The van der Waals surface area contributed by atoms with Crippen molar-refractivity contribution in [1.82, 2.24) is 5.32 Å². The molecule has 2 aromatic rings. The summed E-state index contributed by atoms with van der Waals surface area (Å²) >= 11 is 3.07. The van der Waals surface area contributed by atoms with Crippen LogP contribution in [0.25, 0.3) is 0 Å². The second-order valence-corrected chi connectivity index (χ2v) is 4.77. The maximum Gasteiger partial charge on any atom is 0.374 e. The van der Waals surface area contributed by atoms with E-state index in [9.17, 15) is 9.59 Å². The SMILES string of the molecule is C[C@@H](NC(=O)COC(=O)c1ccc(Br)o1)c1ccco1.